The van der Waals surface area contributed by atoms with E-state index in [1.54, 1.807) is 41.5 Å². The van der Waals surface area contributed by atoms with E-state index < -0.39 is 60.2 Å². The highest BCUT2D eigenvalue weighted by Crippen LogP contribution is 2.65. The van der Waals surface area contributed by atoms with Crippen LogP contribution in [0.5, 0.6) is 0 Å². The Morgan fingerprint density at radius 1 is 1.00 bits per heavy atom. The van der Waals surface area contributed by atoms with Crippen molar-refractivity contribution in [3.63, 3.8) is 0 Å². The van der Waals surface area contributed by atoms with Gasteiger partial charge in [0.05, 0.1) is 35.7 Å². The fraction of sp³-hybridized carbons (Fsp3) is 0.795. The van der Waals surface area contributed by atoms with E-state index in [2.05, 4.69) is 36.4 Å². The Morgan fingerprint density at radius 3 is 2.28 bits per heavy atom. The summed E-state index contributed by atoms with van der Waals surface area (Å²) < 4.78 is 25.4. The molecule has 8 atom stereocenters. The van der Waals surface area contributed by atoms with Crippen molar-refractivity contribution in [3.05, 3.63) is 18.2 Å². The van der Waals surface area contributed by atoms with Crippen molar-refractivity contribution in [2.75, 3.05) is 6.54 Å². The number of amides is 3. The fourth-order valence-corrected chi connectivity index (χ4v) is 8.60. The molecule has 15 heteroatoms. The number of rotatable bonds is 11. The van der Waals surface area contributed by atoms with E-state index in [4.69, 9.17) is 18.8 Å². The number of nitrogens with one attached hydrogen (secondary N) is 2. The molecule has 2 aliphatic heterocycles. The molecule has 7 unspecified atom stereocenters. The summed E-state index contributed by atoms with van der Waals surface area (Å²) in [4.78, 5) is 73.1. The molecule has 6 rings (SSSR count). The monoisotopic (exact) mass is 755 g/mol. The molecule has 2 bridgehead atoms. The fourth-order valence-electron chi connectivity index (χ4n) is 8.60. The molecule has 3 amide bonds. The third-order valence-electron chi connectivity index (χ3n) is 11.6. The molecule has 5 aliphatic rings. The van der Waals surface area contributed by atoms with Crippen LogP contribution in [-0.4, -0.2) is 98.8 Å². The maximum absolute atomic E-state index is 14.2. The summed E-state index contributed by atoms with van der Waals surface area (Å²) in [5, 5.41) is 5.63. The number of carbonyl (C=O) groups excluding carboxylic acids is 5. The Hall–Kier alpha value is -3.46. The first kappa shape index (κ1) is 41.7. The SMILES string of the molecule is CC(NC(=O)C(CC(=O)OC(C)(C)C)Cc1cn(C(=O)OC(C)(C)C)cn1)C(=O)NC(C(=O)N1CCCC1B1OC2C3CC(C[C@]2(C)O1)C3(C)C)C(C)C. The second-order valence-electron chi connectivity index (χ2n) is 19.1. The number of esters is 1. The average molecular weight is 756 g/mol. The number of nitrogens with zero attached hydrogens (tertiary/aromatic N) is 3. The first-order chi connectivity index (χ1) is 24.9. The summed E-state index contributed by atoms with van der Waals surface area (Å²) in [7, 11) is -0.527. The lowest BCUT2D eigenvalue weighted by Crippen LogP contribution is -2.63. The average Bonchev–Trinajstić information content (AvgIpc) is 3.79. The predicted molar refractivity (Wildman–Crippen MR) is 201 cm³/mol. The van der Waals surface area contributed by atoms with Crippen molar-refractivity contribution < 1.29 is 42.8 Å². The largest absolute Gasteiger partial charge is 0.481 e. The van der Waals surface area contributed by atoms with Gasteiger partial charge in [0.25, 0.3) is 0 Å². The lowest BCUT2D eigenvalue weighted by molar-refractivity contribution is -0.185. The van der Waals surface area contributed by atoms with Crippen LogP contribution >= 0.6 is 0 Å². The molecule has 2 N–H and O–H groups in total. The normalized spacial score (nSPS) is 27.7. The van der Waals surface area contributed by atoms with Gasteiger partial charge in [-0.25, -0.2) is 14.3 Å². The van der Waals surface area contributed by atoms with E-state index in [-0.39, 0.29) is 47.7 Å². The van der Waals surface area contributed by atoms with Crippen LogP contribution in [0, 0.1) is 29.1 Å². The van der Waals surface area contributed by atoms with E-state index in [0.717, 1.165) is 25.7 Å². The van der Waals surface area contributed by atoms with Crippen molar-refractivity contribution in [2.24, 2.45) is 29.1 Å². The van der Waals surface area contributed by atoms with Gasteiger partial charge in [-0.3, -0.25) is 19.2 Å². The number of aromatic nitrogens is 2. The zero-order valence-corrected chi connectivity index (χ0v) is 34.3. The summed E-state index contributed by atoms with van der Waals surface area (Å²) in [6, 6.07) is -1.89. The van der Waals surface area contributed by atoms with Gasteiger partial charge < -0.3 is 34.3 Å². The van der Waals surface area contributed by atoms with Gasteiger partial charge in [-0.05, 0) is 104 Å². The van der Waals surface area contributed by atoms with Crippen LogP contribution in [-0.2, 0) is 44.4 Å². The molecular weight excluding hydrogens is 693 g/mol. The molecule has 0 spiro atoms. The Morgan fingerprint density at radius 2 is 1.67 bits per heavy atom. The molecule has 5 fully saturated rings. The second-order valence-corrected chi connectivity index (χ2v) is 19.1. The van der Waals surface area contributed by atoms with Gasteiger partial charge in [0.2, 0.25) is 17.7 Å². The predicted octanol–water partition coefficient (Wildman–Crippen LogP) is 4.46. The molecule has 0 radical (unpaired) electrons. The highest BCUT2D eigenvalue weighted by molar-refractivity contribution is 6.48. The van der Waals surface area contributed by atoms with Gasteiger partial charge in [0.15, 0.2) is 0 Å². The van der Waals surface area contributed by atoms with Crippen LogP contribution in [0.3, 0.4) is 0 Å². The van der Waals surface area contributed by atoms with Gasteiger partial charge in [-0.15, -0.1) is 0 Å². The smallest absolute Gasteiger partial charge is 0.460 e. The minimum Gasteiger partial charge on any atom is -0.460 e. The standard InChI is InChI=1S/C39H62BN5O9/c1-22(2)30(34(49)45-15-13-14-28(45)40-53-31-27-18-25(38(27,10)11)19-39(31,12)54-40)43-32(47)23(3)42-33(48)24(17-29(46)51-36(4,5)6)16-26-20-44(21-41-26)35(50)52-37(7,8)9/h20-25,27-28,30-31H,13-19H2,1-12H3,(H,42,48)(H,43,47)/t23?,24?,25?,27?,28?,30?,31?,39-/m0/s1. The number of carbonyl (C=O) groups is 5. The summed E-state index contributed by atoms with van der Waals surface area (Å²) in [5.41, 5.74) is -1.28. The van der Waals surface area contributed by atoms with Crippen molar-refractivity contribution in [3.8, 4) is 0 Å². The quantitative estimate of drug-likeness (QED) is 0.243. The molecule has 300 valence electrons. The van der Waals surface area contributed by atoms with E-state index in [0.29, 0.717) is 24.1 Å². The van der Waals surface area contributed by atoms with Crippen LogP contribution in [0.1, 0.15) is 121 Å². The van der Waals surface area contributed by atoms with Gasteiger partial charge in [-0.2, -0.15) is 0 Å². The number of ether oxygens (including phenoxy) is 2. The minimum atomic E-state index is -1.04. The van der Waals surface area contributed by atoms with Crippen LogP contribution in [0.25, 0.3) is 0 Å². The van der Waals surface area contributed by atoms with Gasteiger partial charge in [0.1, 0.15) is 29.6 Å². The van der Waals surface area contributed by atoms with Gasteiger partial charge >= 0.3 is 19.2 Å². The lowest BCUT2D eigenvalue weighted by atomic mass is 9.45. The highest BCUT2D eigenvalue weighted by atomic mass is 16.7. The summed E-state index contributed by atoms with van der Waals surface area (Å²) in [6.45, 7) is 23.0. The molecule has 3 saturated carbocycles. The number of imidazole rings is 1. The molecule has 2 saturated heterocycles. The molecular formula is C39H62BN5O9. The van der Waals surface area contributed by atoms with Crippen molar-refractivity contribution >= 4 is 36.9 Å². The van der Waals surface area contributed by atoms with Crippen LogP contribution in [0.2, 0.25) is 0 Å². The Labute approximate surface area is 320 Å². The Balaban J connectivity index is 1.23. The van der Waals surface area contributed by atoms with Crippen LogP contribution in [0.4, 0.5) is 4.79 Å². The van der Waals surface area contributed by atoms with Crippen molar-refractivity contribution in [1.29, 1.82) is 0 Å². The molecule has 1 aromatic heterocycles. The zero-order valence-electron chi connectivity index (χ0n) is 34.3. The van der Waals surface area contributed by atoms with E-state index in [1.807, 2.05) is 18.7 Å². The number of hydrogen-bond acceptors (Lipinski definition) is 10. The number of likely N-dealkylation sites (tertiary alicyclic amines) is 1. The Bertz CT molecular complexity index is 1600. The molecule has 14 nitrogen and oxygen atoms in total. The lowest BCUT2D eigenvalue weighted by Gasteiger charge is -2.63. The van der Waals surface area contributed by atoms with Crippen molar-refractivity contribution in [2.45, 2.75) is 163 Å². The molecule has 3 heterocycles. The highest BCUT2D eigenvalue weighted by Gasteiger charge is 2.68. The molecule has 1 aromatic rings. The van der Waals surface area contributed by atoms with Crippen LogP contribution < -0.4 is 10.6 Å². The Kier molecular flexibility index (Phi) is 11.8. The summed E-state index contributed by atoms with van der Waals surface area (Å²) >= 11 is 0. The second kappa shape index (κ2) is 15.2. The summed E-state index contributed by atoms with van der Waals surface area (Å²) in [5.74, 6) is -2.37. The van der Waals surface area contributed by atoms with Gasteiger partial charge in [0, 0.05) is 19.2 Å². The first-order valence-electron chi connectivity index (χ1n) is 19.6. The third kappa shape index (κ3) is 9.14. The minimum absolute atomic E-state index is 0.00932. The van der Waals surface area contributed by atoms with E-state index >= 15 is 0 Å². The maximum Gasteiger partial charge on any atom is 0.481 e. The van der Waals surface area contributed by atoms with Crippen LogP contribution in [0.15, 0.2) is 12.5 Å². The third-order valence-corrected chi connectivity index (χ3v) is 11.6. The molecule has 54 heavy (non-hydrogen) atoms. The van der Waals surface area contributed by atoms with Gasteiger partial charge in [-0.1, -0.05) is 27.7 Å². The van der Waals surface area contributed by atoms with E-state index in [9.17, 15) is 24.0 Å². The molecule has 0 aromatic carbocycles. The first-order valence-corrected chi connectivity index (χ1v) is 19.6. The topological polar surface area (TPSA) is 167 Å². The van der Waals surface area contributed by atoms with Crippen molar-refractivity contribution in [1.82, 2.24) is 25.1 Å². The number of hydrogen-bond donors (Lipinski definition) is 2. The van der Waals surface area contributed by atoms with E-state index in [1.165, 1.54) is 24.0 Å². The maximum atomic E-state index is 14.2. The summed E-state index contributed by atoms with van der Waals surface area (Å²) in [6.07, 6.45) is 5.44. The molecule has 3 aliphatic carbocycles. The zero-order chi connectivity index (χ0) is 40.1.